The van der Waals surface area contributed by atoms with Crippen molar-refractivity contribution in [2.75, 3.05) is 25.2 Å². The molecular weight excluding hydrogens is 300 g/mol. The molecule has 0 spiro atoms. The summed E-state index contributed by atoms with van der Waals surface area (Å²) in [6.45, 7) is 0.783. The third-order valence-corrected chi connectivity index (χ3v) is 3.85. The van der Waals surface area contributed by atoms with Gasteiger partial charge in [-0.3, -0.25) is 4.79 Å². The largest absolute Gasteiger partial charge is 0.384 e. The highest BCUT2D eigenvalue weighted by Crippen LogP contribution is 2.13. The molecule has 0 fully saturated rings. The van der Waals surface area contributed by atoms with Crippen molar-refractivity contribution in [2.45, 2.75) is 12.8 Å². The maximum Gasteiger partial charge on any atom is 0.162 e. The molecule has 0 saturated heterocycles. The van der Waals surface area contributed by atoms with E-state index in [9.17, 15) is 4.79 Å². The van der Waals surface area contributed by atoms with Crippen LogP contribution in [0.3, 0.4) is 0 Å². The molecule has 1 aromatic rings. The van der Waals surface area contributed by atoms with Gasteiger partial charge in [-0.15, -0.1) is 0 Å². The van der Waals surface area contributed by atoms with Crippen LogP contribution in [0.1, 0.15) is 23.2 Å². The average Bonchev–Trinajstić information content (AvgIpc) is 2.34. The average molecular weight is 317 g/mol. The van der Waals surface area contributed by atoms with Crippen LogP contribution in [0.25, 0.3) is 0 Å². The van der Waals surface area contributed by atoms with Crippen molar-refractivity contribution in [3.63, 3.8) is 0 Å². The van der Waals surface area contributed by atoms with Crippen LogP contribution in [0.5, 0.6) is 0 Å². The molecule has 2 nitrogen and oxygen atoms in total. The number of thioether (sulfide) groups is 1. The highest BCUT2D eigenvalue weighted by Gasteiger charge is 2.04. The SMILES string of the molecule is COCCSCCCC(=O)c1ccc(Br)cc1. The fourth-order valence-corrected chi connectivity index (χ4v) is 2.46. The van der Waals surface area contributed by atoms with Gasteiger partial charge in [0.15, 0.2) is 5.78 Å². The monoisotopic (exact) mass is 316 g/mol. The molecule has 0 amide bonds. The Hall–Kier alpha value is -0.320. The van der Waals surface area contributed by atoms with Crippen LogP contribution in [0.15, 0.2) is 28.7 Å². The zero-order chi connectivity index (χ0) is 12.5. The molecule has 1 aromatic carbocycles. The first-order chi connectivity index (χ1) is 8.24. The second-order valence-corrected chi connectivity index (χ2v) is 5.78. The van der Waals surface area contributed by atoms with Gasteiger partial charge in [0.25, 0.3) is 0 Å². The summed E-state index contributed by atoms with van der Waals surface area (Å²) in [5.74, 6) is 2.25. The number of hydrogen-bond acceptors (Lipinski definition) is 3. The molecule has 0 aliphatic heterocycles. The predicted molar refractivity (Wildman–Crippen MR) is 76.9 cm³/mol. The molecule has 0 radical (unpaired) electrons. The van der Waals surface area contributed by atoms with E-state index in [1.54, 1.807) is 7.11 Å². The van der Waals surface area contributed by atoms with Crippen molar-refractivity contribution in [1.82, 2.24) is 0 Å². The Morgan fingerprint density at radius 3 is 2.65 bits per heavy atom. The van der Waals surface area contributed by atoms with Gasteiger partial charge in [-0.2, -0.15) is 11.8 Å². The smallest absolute Gasteiger partial charge is 0.162 e. The van der Waals surface area contributed by atoms with Crippen molar-refractivity contribution >= 4 is 33.5 Å². The van der Waals surface area contributed by atoms with Crippen LogP contribution in [0.2, 0.25) is 0 Å². The third kappa shape index (κ3) is 6.24. The molecule has 0 aromatic heterocycles. The van der Waals surface area contributed by atoms with E-state index in [4.69, 9.17) is 4.74 Å². The number of carbonyl (C=O) groups excluding carboxylic acids is 1. The van der Waals surface area contributed by atoms with Crippen LogP contribution in [-0.2, 0) is 4.74 Å². The van der Waals surface area contributed by atoms with Gasteiger partial charge in [0.2, 0.25) is 0 Å². The lowest BCUT2D eigenvalue weighted by Crippen LogP contribution is -2.00. The molecule has 0 aliphatic carbocycles. The number of methoxy groups -OCH3 is 1. The Morgan fingerprint density at radius 2 is 2.00 bits per heavy atom. The van der Waals surface area contributed by atoms with E-state index < -0.39 is 0 Å². The number of rotatable bonds is 8. The normalized spacial score (nSPS) is 10.5. The van der Waals surface area contributed by atoms with Gasteiger partial charge in [-0.25, -0.2) is 0 Å². The first kappa shape index (κ1) is 14.7. The fourth-order valence-electron chi connectivity index (χ4n) is 1.36. The summed E-state index contributed by atoms with van der Waals surface area (Å²) in [6, 6.07) is 7.54. The van der Waals surface area contributed by atoms with Gasteiger partial charge in [0.1, 0.15) is 0 Å². The van der Waals surface area contributed by atoms with E-state index in [0.29, 0.717) is 6.42 Å². The van der Waals surface area contributed by atoms with Gasteiger partial charge in [0.05, 0.1) is 6.61 Å². The minimum atomic E-state index is 0.227. The van der Waals surface area contributed by atoms with Crippen LogP contribution in [0, 0.1) is 0 Å². The number of benzene rings is 1. The second kappa shape index (κ2) is 8.72. The summed E-state index contributed by atoms with van der Waals surface area (Å²) in [7, 11) is 1.71. The molecule has 0 bridgehead atoms. The summed E-state index contributed by atoms with van der Waals surface area (Å²) < 4.78 is 5.96. The molecule has 0 unspecified atom stereocenters. The Kier molecular flexibility index (Phi) is 7.56. The van der Waals surface area contributed by atoms with Gasteiger partial charge in [0, 0.05) is 29.3 Å². The Balaban J connectivity index is 2.19. The highest BCUT2D eigenvalue weighted by molar-refractivity contribution is 9.10. The van der Waals surface area contributed by atoms with Gasteiger partial charge < -0.3 is 4.74 Å². The lowest BCUT2D eigenvalue weighted by Gasteiger charge is -2.02. The molecule has 17 heavy (non-hydrogen) atoms. The van der Waals surface area contributed by atoms with Crippen molar-refractivity contribution in [3.05, 3.63) is 34.3 Å². The van der Waals surface area contributed by atoms with Crippen LogP contribution < -0.4 is 0 Å². The van der Waals surface area contributed by atoms with Gasteiger partial charge >= 0.3 is 0 Å². The Labute approximate surface area is 115 Å². The van der Waals surface area contributed by atoms with E-state index in [0.717, 1.165) is 34.6 Å². The van der Waals surface area contributed by atoms with E-state index >= 15 is 0 Å². The molecule has 4 heteroatoms. The number of ketones is 1. The zero-order valence-corrected chi connectivity index (χ0v) is 12.4. The lowest BCUT2D eigenvalue weighted by atomic mass is 10.1. The summed E-state index contributed by atoms with van der Waals surface area (Å²) >= 11 is 5.19. The molecule has 0 saturated carbocycles. The van der Waals surface area contributed by atoms with Crippen molar-refractivity contribution in [1.29, 1.82) is 0 Å². The van der Waals surface area contributed by atoms with Crippen molar-refractivity contribution in [3.8, 4) is 0 Å². The summed E-state index contributed by atoms with van der Waals surface area (Å²) in [5, 5.41) is 0. The minimum Gasteiger partial charge on any atom is -0.384 e. The van der Waals surface area contributed by atoms with E-state index in [2.05, 4.69) is 15.9 Å². The first-order valence-electron chi connectivity index (χ1n) is 5.59. The molecule has 94 valence electrons. The Morgan fingerprint density at radius 1 is 1.29 bits per heavy atom. The molecule has 0 N–H and O–H groups in total. The molecule has 0 aliphatic rings. The van der Waals surface area contributed by atoms with Gasteiger partial charge in [-0.05, 0) is 24.3 Å². The van der Waals surface area contributed by atoms with Crippen LogP contribution in [0.4, 0.5) is 0 Å². The topological polar surface area (TPSA) is 26.3 Å². The first-order valence-corrected chi connectivity index (χ1v) is 7.54. The number of Topliss-reactive ketones (excluding diaryl/α,β-unsaturated/α-hetero) is 1. The van der Waals surface area contributed by atoms with E-state index in [1.165, 1.54) is 0 Å². The predicted octanol–water partition coefficient (Wildman–Crippen LogP) is 3.79. The quantitative estimate of drug-likeness (QED) is 0.539. The van der Waals surface area contributed by atoms with E-state index in [1.807, 2.05) is 36.0 Å². The number of carbonyl (C=O) groups is 1. The second-order valence-electron chi connectivity index (χ2n) is 3.64. The van der Waals surface area contributed by atoms with Crippen LogP contribution >= 0.6 is 27.7 Å². The zero-order valence-electron chi connectivity index (χ0n) is 9.95. The summed E-state index contributed by atoms with van der Waals surface area (Å²) in [6.07, 6.45) is 1.56. The highest BCUT2D eigenvalue weighted by atomic mass is 79.9. The molecule has 1 rings (SSSR count). The lowest BCUT2D eigenvalue weighted by molar-refractivity contribution is 0.0982. The maximum atomic E-state index is 11.8. The van der Waals surface area contributed by atoms with Crippen molar-refractivity contribution < 1.29 is 9.53 Å². The van der Waals surface area contributed by atoms with Gasteiger partial charge in [-0.1, -0.05) is 28.1 Å². The number of halogens is 1. The molecule has 0 heterocycles. The molecular formula is C13H17BrO2S. The standard InChI is InChI=1S/C13H17BrO2S/c1-16-8-10-17-9-2-3-13(15)11-4-6-12(14)7-5-11/h4-7H,2-3,8-10H2,1H3. The fraction of sp³-hybridized carbons (Fsp3) is 0.462. The summed E-state index contributed by atoms with van der Waals surface area (Å²) in [4.78, 5) is 11.8. The van der Waals surface area contributed by atoms with Crippen LogP contribution in [-0.4, -0.2) is 31.0 Å². The Bertz CT molecular complexity index is 338. The number of ether oxygens (including phenoxy) is 1. The number of hydrogen-bond donors (Lipinski definition) is 0. The third-order valence-electron chi connectivity index (χ3n) is 2.29. The van der Waals surface area contributed by atoms with Crippen molar-refractivity contribution in [2.24, 2.45) is 0 Å². The van der Waals surface area contributed by atoms with E-state index in [-0.39, 0.29) is 5.78 Å². The molecule has 0 atom stereocenters. The maximum absolute atomic E-state index is 11.8. The summed E-state index contributed by atoms with van der Waals surface area (Å²) in [5.41, 5.74) is 0.801. The minimum absolute atomic E-state index is 0.227.